The van der Waals surface area contributed by atoms with Gasteiger partial charge in [0.15, 0.2) is 0 Å². The molecule has 0 radical (unpaired) electrons. The van der Waals surface area contributed by atoms with Crippen LogP contribution in [0, 0.1) is 0 Å². The molecule has 0 fully saturated rings. The second-order valence-electron chi connectivity index (χ2n) is 8.44. The van der Waals surface area contributed by atoms with Gasteiger partial charge in [0.25, 0.3) is 5.91 Å². The van der Waals surface area contributed by atoms with Gasteiger partial charge in [0.2, 0.25) is 0 Å². The first-order chi connectivity index (χ1) is 15.2. The molecular weight excluding hydrogens is 406 g/mol. The van der Waals surface area contributed by atoms with Crippen LogP contribution < -0.4 is 10.1 Å². The SMILES string of the molecule is COc1ccc(C(=O)OCc2ccc(C(=O)Nc3ccc(O)cc3)cc2)cc1C(C)(C)C. The highest BCUT2D eigenvalue weighted by Gasteiger charge is 2.21. The predicted molar refractivity (Wildman–Crippen MR) is 123 cm³/mol. The summed E-state index contributed by atoms with van der Waals surface area (Å²) in [6, 6.07) is 18.3. The number of carbonyl (C=O) groups excluding carboxylic acids is 2. The molecule has 0 atom stereocenters. The Kier molecular flexibility index (Phi) is 6.83. The summed E-state index contributed by atoms with van der Waals surface area (Å²) in [7, 11) is 1.61. The van der Waals surface area contributed by atoms with Crippen molar-refractivity contribution < 1.29 is 24.2 Å². The van der Waals surface area contributed by atoms with Gasteiger partial charge < -0.3 is 19.9 Å². The first-order valence-corrected chi connectivity index (χ1v) is 10.2. The molecule has 0 unspecified atom stereocenters. The van der Waals surface area contributed by atoms with Gasteiger partial charge in [-0.05, 0) is 65.6 Å². The number of hydrogen-bond donors (Lipinski definition) is 2. The lowest BCUT2D eigenvalue weighted by Gasteiger charge is -2.22. The summed E-state index contributed by atoms with van der Waals surface area (Å²) in [6.45, 7) is 6.26. The van der Waals surface area contributed by atoms with Crippen molar-refractivity contribution in [2.45, 2.75) is 32.8 Å². The van der Waals surface area contributed by atoms with Crippen molar-refractivity contribution in [2.24, 2.45) is 0 Å². The Morgan fingerprint density at radius 2 is 1.53 bits per heavy atom. The zero-order valence-corrected chi connectivity index (χ0v) is 18.6. The number of aromatic hydroxyl groups is 1. The molecule has 3 aromatic carbocycles. The minimum absolute atomic E-state index is 0.0928. The average molecular weight is 434 g/mol. The summed E-state index contributed by atoms with van der Waals surface area (Å²) in [6.07, 6.45) is 0. The van der Waals surface area contributed by atoms with E-state index in [0.29, 0.717) is 16.8 Å². The second-order valence-corrected chi connectivity index (χ2v) is 8.44. The van der Waals surface area contributed by atoms with Gasteiger partial charge in [-0.3, -0.25) is 4.79 Å². The van der Waals surface area contributed by atoms with Crippen LogP contribution in [-0.2, 0) is 16.8 Å². The number of phenols is 1. The third-order valence-corrected chi connectivity index (χ3v) is 4.95. The summed E-state index contributed by atoms with van der Waals surface area (Å²) in [4.78, 5) is 24.9. The molecule has 0 aliphatic carbocycles. The topological polar surface area (TPSA) is 84.9 Å². The molecule has 0 spiro atoms. The minimum Gasteiger partial charge on any atom is -0.508 e. The summed E-state index contributed by atoms with van der Waals surface area (Å²) in [5.41, 5.74) is 3.03. The molecule has 0 saturated carbocycles. The average Bonchev–Trinajstić information content (AvgIpc) is 2.78. The molecule has 0 saturated heterocycles. The van der Waals surface area contributed by atoms with E-state index < -0.39 is 5.97 Å². The number of ether oxygens (including phenoxy) is 2. The molecule has 166 valence electrons. The van der Waals surface area contributed by atoms with E-state index in [1.807, 2.05) is 0 Å². The molecule has 0 aliphatic heterocycles. The molecule has 6 heteroatoms. The number of benzene rings is 3. The molecule has 6 nitrogen and oxygen atoms in total. The maximum absolute atomic E-state index is 12.6. The van der Waals surface area contributed by atoms with Crippen molar-refractivity contribution in [1.29, 1.82) is 0 Å². The maximum atomic E-state index is 12.6. The highest BCUT2D eigenvalue weighted by atomic mass is 16.5. The van der Waals surface area contributed by atoms with Crippen molar-refractivity contribution in [2.75, 3.05) is 12.4 Å². The van der Waals surface area contributed by atoms with Crippen LogP contribution in [0.2, 0.25) is 0 Å². The number of esters is 1. The number of anilines is 1. The highest BCUT2D eigenvalue weighted by Crippen LogP contribution is 2.32. The van der Waals surface area contributed by atoms with Crippen molar-refractivity contribution in [3.63, 3.8) is 0 Å². The number of carbonyl (C=O) groups is 2. The van der Waals surface area contributed by atoms with E-state index in [9.17, 15) is 14.7 Å². The standard InChI is InChI=1S/C26H27NO5/c1-26(2,3)22-15-19(9-14-23(22)31-4)25(30)32-16-17-5-7-18(8-6-17)24(29)27-20-10-12-21(28)13-11-20/h5-15,28H,16H2,1-4H3,(H,27,29). The van der Waals surface area contributed by atoms with Gasteiger partial charge in [-0.2, -0.15) is 0 Å². The highest BCUT2D eigenvalue weighted by molar-refractivity contribution is 6.04. The largest absolute Gasteiger partial charge is 0.508 e. The first kappa shape index (κ1) is 22.9. The van der Waals surface area contributed by atoms with Gasteiger partial charge in [-0.1, -0.05) is 32.9 Å². The number of methoxy groups -OCH3 is 1. The molecule has 3 aromatic rings. The zero-order chi connectivity index (χ0) is 23.3. The summed E-state index contributed by atoms with van der Waals surface area (Å²) < 4.78 is 10.9. The van der Waals surface area contributed by atoms with Crippen LogP contribution in [0.4, 0.5) is 5.69 Å². The fourth-order valence-corrected chi connectivity index (χ4v) is 3.15. The fourth-order valence-electron chi connectivity index (χ4n) is 3.15. The van der Waals surface area contributed by atoms with Crippen LogP contribution in [-0.4, -0.2) is 24.1 Å². The lowest BCUT2D eigenvalue weighted by Crippen LogP contribution is -2.15. The lowest BCUT2D eigenvalue weighted by atomic mass is 9.85. The Morgan fingerprint density at radius 3 is 2.12 bits per heavy atom. The quantitative estimate of drug-likeness (QED) is 0.407. The Labute approximate surface area is 187 Å². The monoisotopic (exact) mass is 433 g/mol. The van der Waals surface area contributed by atoms with Crippen LogP contribution in [0.25, 0.3) is 0 Å². The van der Waals surface area contributed by atoms with Gasteiger partial charge in [-0.25, -0.2) is 4.79 Å². The predicted octanol–water partition coefficient (Wildman–Crippen LogP) is 5.31. The number of phenolic OH excluding ortho intramolecular Hbond substituents is 1. The van der Waals surface area contributed by atoms with E-state index in [2.05, 4.69) is 26.1 Å². The number of nitrogens with one attached hydrogen (secondary N) is 1. The zero-order valence-electron chi connectivity index (χ0n) is 18.6. The van der Waals surface area contributed by atoms with Gasteiger partial charge in [0, 0.05) is 16.8 Å². The van der Waals surface area contributed by atoms with Crippen LogP contribution in [0.3, 0.4) is 0 Å². The second kappa shape index (κ2) is 9.56. The number of rotatable bonds is 6. The molecule has 0 aromatic heterocycles. The number of hydrogen-bond acceptors (Lipinski definition) is 5. The maximum Gasteiger partial charge on any atom is 0.338 e. The van der Waals surface area contributed by atoms with E-state index >= 15 is 0 Å². The van der Waals surface area contributed by atoms with E-state index in [1.54, 1.807) is 61.7 Å². The van der Waals surface area contributed by atoms with Crippen LogP contribution >= 0.6 is 0 Å². The Balaban J connectivity index is 1.62. The molecule has 1 amide bonds. The Morgan fingerprint density at radius 1 is 0.906 bits per heavy atom. The minimum atomic E-state index is -0.424. The van der Waals surface area contributed by atoms with Crippen LogP contribution in [0.5, 0.6) is 11.5 Å². The van der Waals surface area contributed by atoms with Gasteiger partial charge in [-0.15, -0.1) is 0 Å². The molecule has 2 N–H and O–H groups in total. The van der Waals surface area contributed by atoms with E-state index in [1.165, 1.54) is 12.1 Å². The van der Waals surface area contributed by atoms with Gasteiger partial charge in [0.05, 0.1) is 12.7 Å². The first-order valence-electron chi connectivity index (χ1n) is 10.2. The van der Waals surface area contributed by atoms with Crippen molar-refractivity contribution in [3.05, 3.63) is 89.0 Å². The van der Waals surface area contributed by atoms with E-state index in [0.717, 1.165) is 16.9 Å². The van der Waals surface area contributed by atoms with Crippen molar-refractivity contribution in [3.8, 4) is 11.5 Å². The molecule has 0 bridgehead atoms. The molecular formula is C26H27NO5. The summed E-state index contributed by atoms with van der Waals surface area (Å²) in [5, 5.41) is 12.1. The van der Waals surface area contributed by atoms with Crippen LogP contribution in [0.15, 0.2) is 66.7 Å². The van der Waals surface area contributed by atoms with E-state index in [-0.39, 0.29) is 23.7 Å². The molecule has 32 heavy (non-hydrogen) atoms. The lowest BCUT2D eigenvalue weighted by molar-refractivity contribution is 0.0472. The smallest absolute Gasteiger partial charge is 0.338 e. The van der Waals surface area contributed by atoms with Gasteiger partial charge >= 0.3 is 5.97 Å². The number of amides is 1. The van der Waals surface area contributed by atoms with E-state index in [4.69, 9.17) is 9.47 Å². The fraction of sp³-hybridized carbons (Fsp3) is 0.231. The normalized spacial score (nSPS) is 11.0. The molecule has 3 rings (SSSR count). The summed E-state index contributed by atoms with van der Waals surface area (Å²) >= 11 is 0. The van der Waals surface area contributed by atoms with Crippen molar-refractivity contribution >= 4 is 17.6 Å². The van der Waals surface area contributed by atoms with Crippen LogP contribution in [0.1, 0.15) is 52.6 Å². The molecule has 0 aliphatic rings. The molecule has 0 heterocycles. The summed E-state index contributed by atoms with van der Waals surface area (Å²) in [5.74, 6) is 0.167. The third-order valence-electron chi connectivity index (χ3n) is 4.95. The third kappa shape index (κ3) is 5.66. The van der Waals surface area contributed by atoms with Gasteiger partial charge in [0.1, 0.15) is 18.1 Å². The Bertz CT molecular complexity index is 1100. The Hall–Kier alpha value is -3.80. The van der Waals surface area contributed by atoms with Crippen molar-refractivity contribution in [1.82, 2.24) is 0 Å².